The predicted octanol–water partition coefficient (Wildman–Crippen LogP) is 2.16. The number of benzene rings is 1. The van der Waals surface area contributed by atoms with Crippen LogP contribution in [0.2, 0.25) is 0 Å². The fraction of sp³-hybridized carbons (Fsp3) is 0.500. The minimum Gasteiger partial charge on any atom is -0.352 e. The first-order valence-corrected chi connectivity index (χ1v) is 7.55. The number of rotatable bonds is 6. The van der Waals surface area contributed by atoms with Gasteiger partial charge in [-0.05, 0) is 30.0 Å². The molecule has 2 rings (SSSR count). The van der Waals surface area contributed by atoms with E-state index in [1.165, 1.54) is 25.7 Å². The van der Waals surface area contributed by atoms with Crippen molar-refractivity contribution in [3.8, 4) is 0 Å². The van der Waals surface area contributed by atoms with Crippen molar-refractivity contribution in [1.82, 2.24) is 10.6 Å². The molecule has 0 atom stereocenters. The summed E-state index contributed by atoms with van der Waals surface area (Å²) in [6, 6.07) is 6.62. The van der Waals surface area contributed by atoms with Gasteiger partial charge < -0.3 is 16.4 Å². The molecule has 0 heterocycles. The summed E-state index contributed by atoms with van der Waals surface area (Å²) in [6.45, 7) is 1.12. The molecule has 1 aliphatic carbocycles. The molecule has 1 aromatic carbocycles. The number of carbonyl (C=O) groups is 2. The van der Waals surface area contributed by atoms with Gasteiger partial charge in [-0.15, -0.1) is 0 Å². The van der Waals surface area contributed by atoms with Crippen LogP contribution in [0.5, 0.6) is 0 Å². The average molecular weight is 289 g/mol. The summed E-state index contributed by atoms with van der Waals surface area (Å²) in [4.78, 5) is 22.6. The van der Waals surface area contributed by atoms with Crippen molar-refractivity contribution in [2.24, 2.45) is 11.7 Å². The van der Waals surface area contributed by atoms with E-state index in [9.17, 15) is 9.59 Å². The molecule has 114 valence electrons. The van der Waals surface area contributed by atoms with Crippen molar-refractivity contribution < 1.29 is 9.59 Å². The molecule has 5 heteroatoms. The van der Waals surface area contributed by atoms with Gasteiger partial charge in [0.25, 0.3) is 5.91 Å². The van der Waals surface area contributed by atoms with E-state index < -0.39 is 6.03 Å². The summed E-state index contributed by atoms with van der Waals surface area (Å²) in [5.74, 6) is 0.745. The Morgan fingerprint density at radius 1 is 1.10 bits per heavy atom. The third kappa shape index (κ3) is 5.10. The quantitative estimate of drug-likeness (QED) is 0.750. The van der Waals surface area contributed by atoms with E-state index in [-0.39, 0.29) is 5.91 Å². The predicted molar refractivity (Wildman–Crippen MR) is 81.8 cm³/mol. The van der Waals surface area contributed by atoms with Gasteiger partial charge >= 0.3 is 6.03 Å². The molecule has 3 amide bonds. The summed E-state index contributed by atoms with van der Waals surface area (Å²) in [7, 11) is 0. The first-order chi connectivity index (χ1) is 10.1. The molecule has 0 aromatic heterocycles. The third-order valence-electron chi connectivity index (χ3n) is 4.00. The SMILES string of the molecule is NC(=O)NCc1ccc(C(=O)NCCC2CCCC2)cc1. The second kappa shape index (κ2) is 7.67. The van der Waals surface area contributed by atoms with Gasteiger partial charge in [-0.2, -0.15) is 0 Å². The molecule has 0 radical (unpaired) electrons. The van der Waals surface area contributed by atoms with Gasteiger partial charge in [0.15, 0.2) is 0 Å². The standard InChI is InChI=1S/C16H23N3O2/c17-16(21)19-11-13-5-7-14(8-6-13)15(20)18-10-9-12-3-1-2-4-12/h5-8,12H,1-4,9-11H2,(H,18,20)(H3,17,19,21). The lowest BCUT2D eigenvalue weighted by atomic mass is 10.0. The van der Waals surface area contributed by atoms with Gasteiger partial charge in [0, 0.05) is 18.7 Å². The van der Waals surface area contributed by atoms with Gasteiger partial charge in [-0.25, -0.2) is 4.79 Å². The maximum absolute atomic E-state index is 12.0. The number of carbonyl (C=O) groups excluding carboxylic acids is 2. The maximum atomic E-state index is 12.0. The lowest BCUT2D eigenvalue weighted by molar-refractivity contribution is 0.0951. The van der Waals surface area contributed by atoms with Crippen LogP contribution in [0.4, 0.5) is 4.79 Å². The van der Waals surface area contributed by atoms with Crippen molar-refractivity contribution in [2.75, 3.05) is 6.54 Å². The first-order valence-electron chi connectivity index (χ1n) is 7.55. The van der Waals surface area contributed by atoms with Crippen LogP contribution < -0.4 is 16.4 Å². The molecule has 0 saturated heterocycles. The highest BCUT2D eigenvalue weighted by Gasteiger charge is 2.14. The number of urea groups is 1. The molecule has 0 aliphatic heterocycles. The minimum atomic E-state index is -0.552. The third-order valence-corrected chi connectivity index (χ3v) is 4.00. The Balaban J connectivity index is 1.75. The van der Waals surface area contributed by atoms with Gasteiger partial charge in [-0.1, -0.05) is 37.8 Å². The largest absolute Gasteiger partial charge is 0.352 e. The Bertz CT molecular complexity index is 479. The molecule has 1 saturated carbocycles. The van der Waals surface area contributed by atoms with Gasteiger partial charge in [0.05, 0.1) is 0 Å². The second-order valence-corrected chi connectivity index (χ2v) is 5.61. The number of hydrogen-bond acceptors (Lipinski definition) is 2. The zero-order valence-electron chi connectivity index (χ0n) is 12.2. The lowest BCUT2D eigenvalue weighted by Gasteiger charge is -2.10. The second-order valence-electron chi connectivity index (χ2n) is 5.61. The molecule has 1 aliphatic rings. The molecule has 1 fully saturated rings. The number of nitrogens with two attached hydrogens (primary N) is 1. The number of nitrogens with one attached hydrogen (secondary N) is 2. The fourth-order valence-electron chi connectivity index (χ4n) is 2.75. The highest BCUT2D eigenvalue weighted by Crippen LogP contribution is 2.26. The Kier molecular flexibility index (Phi) is 5.60. The van der Waals surface area contributed by atoms with E-state index in [1.807, 2.05) is 12.1 Å². The van der Waals surface area contributed by atoms with Crippen molar-refractivity contribution in [1.29, 1.82) is 0 Å². The van der Waals surface area contributed by atoms with Crippen LogP contribution >= 0.6 is 0 Å². The fourth-order valence-corrected chi connectivity index (χ4v) is 2.75. The van der Waals surface area contributed by atoms with Crippen molar-refractivity contribution in [2.45, 2.75) is 38.6 Å². The van der Waals surface area contributed by atoms with Crippen LogP contribution in [0.15, 0.2) is 24.3 Å². The molecular formula is C16H23N3O2. The Morgan fingerprint density at radius 3 is 2.38 bits per heavy atom. The highest BCUT2D eigenvalue weighted by atomic mass is 16.2. The smallest absolute Gasteiger partial charge is 0.312 e. The van der Waals surface area contributed by atoms with Crippen LogP contribution in [0, 0.1) is 5.92 Å². The average Bonchev–Trinajstić information content (AvgIpc) is 2.99. The van der Waals surface area contributed by atoms with Crippen molar-refractivity contribution in [3.63, 3.8) is 0 Å². The summed E-state index contributed by atoms with van der Waals surface area (Å²) in [5.41, 5.74) is 6.57. The molecule has 0 bridgehead atoms. The van der Waals surface area contributed by atoms with Gasteiger partial charge in [-0.3, -0.25) is 4.79 Å². The van der Waals surface area contributed by atoms with Crippen LogP contribution in [0.3, 0.4) is 0 Å². The maximum Gasteiger partial charge on any atom is 0.312 e. The molecule has 0 unspecified atom stereocenters. The monoisotopic (exact) mass is 289 g/mol. The van der Waals surface area contributed by atoms with Crippen molar-refractivity contribution >= 4 is 11.9 Å². The molecule has 5 nitrogen and oxygen atoms in total. The zero-order chi connectivity index (χ0) is 15.1. The van der Waals surface area contributed by atoms with Crippen molar-refractivity contribution in [3.05, 3.63) is 35.4 Å². The van der Waals surface area contributed by atoms with E-state index in [2.05, 4.69) is 10.6 Å². The molecule has 4 N–H and O–H groups in total. The van der Waals surface area contributed by atoms with Crippen LogP contribution in [-0.2, 0) is 6.54 Å². The normalized spacial score (nSPS) is 14.9. The highest BCUT2D eigenvalue weighted by molar-refractivity contribution is 5.94. The number of hydrogen-bond donors (Lipinski definition) is 3. The Hall–Kier alpha value is -2.04. The minimum absolute atomic E-state index is 0.0394. The van der Waals surface area contributed by atoms with Gasteiger partial charge in [0.2, 0.25) is 0 Å². The summed E-state index contributed by atoms with van der Waals surface area (Å²) in [5, 5.41) is 5.48. The summed E-state index contributed by atoms with van der Waals surface area (Å²) >= 11 is 0. The Labute approximate surface area is 125 Å². The number of primary amides is 1. The molecule has 21 heavy (non-hydrogen) atoms. The van der Waals surface area contributed by atoms with Gasteiger partial charge in [0.1, 0.15) is 0 Å². The van der Waals surface area contributed by atoms with Crippen LogP contribution in [-0.4, -0.2) is 18.5 Å². The van der Waals surface area contributed by atoms with Crippen LogP contribution in [0.1, 0.15) is 48.0 Å². The number of amides is 3. The first kappa shape index (κ1) is 15.4. The van der Waals surface area contributed by atoms with E-state index in [1.54, 1.807) is 12.1 Å². The van der Waals surface area contributed by atoms with E-state index >= 15 is 0 Å². The summed E-state index contributed by atoms with van der Waals surface area (Å²) in [6.07, 6.45) is 6.35. The lowest BCUT2D eigenvalue weighted by Crippen LogP contribution is -2.28. The zero-order valence-corrected chi connectivity index (χ0v) is 12.2. The summed E-state index contributed by atoms with van der Waals surface area (Å²) < 4.78 is 0. The topological polar surface area (TPSA) is 84.2 Å². The molecule has 0 spiro atoms. The molecule has 1 aromatic rings. The van der Waals surface area contributed by atoms with E-state index in [0.29, 0.717) is 12.1 Å². The Morgan fingerprint density at radius 2 is 1.76 bits per heavy atom. The molecular weight excluding hydrogens is 266 g/mol. The van der Waals surface area contributed by atoms with E-state index in [0.717, 1.165) is 24.4 Å². The van der Waals surface area contributed by atoms with Crippen LogP contribution in [0.25, 0.3) is 0 Å². The van der Waals surface area contributed by atoms with E-state index in [4.69, 9.17) is 5.73 Å².